The first-order valence-corrected chi connectivity index (χ1v) is 12.5. The predicted octanol–water partition coefficient (Wildman–Crippen LogP) is 6.93. The number of aromatic nitrogens is 1. The van der Waals surface area contributed by atoms with Crippen molar-refractivity contribution in [3.63, 3.8) is 0 Å². The van der Waals surface area contributed by atoms with Crippen molar-refractivity contribution >= 4 is 17.5 Å². The summed E-state index contributed by atoms with van der Waals surface area (Å²) in [6.45, 7) is 0. The first kappa shape index (κ1) is 23.3. The van der Waals surface area contributed by atoms with Crippen LogP contribution in [0.4, 0.5) is 0 Å². The molecular weight excluding hydrogens is 456 g/mol. The molecule has 0 bridgehead atoms. The number of hydrogen-bond acceptors (Lipinski definition) is 2. The van der Waals surface area contributed by atoms with E-state index in [0.717, 1.165) is 47.7 Å². The molecule has 0 aliphatic heterocycles. The van der Waals surface area contributed by atoms with Crippen LogP contribution in [0.3, 0.4) is 0 Å². The zero-order valence-electron chi connectivity index (χ0n) is 19.8. The van der Waals surface area contributed by atoms with Crippen LogP contribution in [-0.2, 0) is 17.6 Å². The lowest BCUT2D eigenvalue weighted by Gasteiger charge is -2.26. The minimum absolute atomic E-state index is 0.0854. The van der Waals surface area contributed by atoms with Crippen LogP contribution in [0.5, 0.6) is 5.75 Å². The lowest BCUT2D eigenvalue weighted by Crippen LogP contribution is -2.31. The summed E-state index contributed by atoms with van der Waals surface area (Å²) in [5.74, 6) is 0.893. The molecule has 35 heavy (non-hydrogen) atoms. The Hall–Kier alpha value is -3.50. The fraction of sp³-hybridized carbons (Fsp3) is 0.233. The molecule has 178 valence electrons. The molecule has 5 rings (SSSR count). The Labute approximate surface area is 211 Å². The van der Waals surface area contributed by atoms with E-state index in [0.29, 0.717) is 17.9 Å². The van der Waals surface area contributed by atoms with E-state index in [1.54, 1.807) is 7.11 Å². The van der Waals surface area contributed by atoms with E-state index in [2.05, 4.69) is 46.3 Å². The first-order valence-electron chi connectivity index (χ1n) is 12.1. The van der Waals surface area contributed by atoms with Crippen molar-refractivity contribution in [2.75, 3.05) is 7.11 Å². The van der Waals surface area contributed by atoms with Crippen LogP contribution >= 0.6 is 11.6 Å². The molecule has 0 saturated carbocycles. The minimum Gasteiger partial charge on any atom is -0.497 e. The van der Waals surface area contributed by atoms with Gasteiger partial charge in [0.2, 0.25) is 5.91 Å². The Kier molecular flexibility index (Phi) is 6.91. The SMILES string of the molecule is COc1ccc(-n2c(CCC(=O)NC3CCCc4ccccc43)ccc2-c2ccc(Cl)cc2)cc1. The molecule has 1 N–H and O–H groups in total. The molecule has 1 heterocycles. The molecule has 1 aliphatic carbocycles. The van der Waals surface area contributed by atoms with Crippen LogP contribution in [0.2, 0.25) is 5.02 Å². The van der Waals surface area contributed by atoms with E-state index < -0.39 is 0 Å². The fourth-order valence-corrected chi connectivity index (χ4v) is 5.09. The number of nitrogens with zero attached hydrogens (tertiary/aromatic N) is 1. The van der Waals surface area contributed by atoms with E-state index in [1.807, 2.05) is 48.5 Å². The van der Waals surface area contributed by atoms with E-state index in [-0.39, 0.29) is 11.9 Å². The summed E-state index contributed by atoms with van der Waals surface area (Å²) in [6, 6.07) is 28.6. The summed E-state index contributed by atoms with van der Waals surface area (Å²) in [6.07, 6.45) is 4.25. The molecule has 1 unspecified atom stereocenters. The number of nitrogens with one attached hydrogen (secondary N) is 1. The van der Waals surface area contributed by atoms with Gasteiger partial charge in [0.15, 0.2) is 0 Å². The van der Waals surface area contributed by atoms with Crippen molar-refractivity contribution in [1.82, 2.24) is 9.88 Å². The van der Waals surface area contributed by atoms with E-state index in [9.17, 15) is 4.79 Å². The molecule has 4 aromatic rings. The van der Waals surface area contributed by atoms with Gasteiger partial charge in [0.05, 0.1) is 18.8 Å². The zero-order valence-corrected chi connectivity index (χ0v) is 20.6. The van der Waals surface area contributed by atoms with Crippen LogP contribution in [0, 0.1) is 0 Å². The summed E-state index contributed by atoms with van der Waals surface area (Å²) >= 11 is 6.13. The fourth-order valence-electron chi connectivity index (χ4n) is 4.97. The van der Waals surface area contributed by atoms with E-state index in [4.69, 9.17) is 16.3 Å². The molecule has 3 aromatic carbocycles. The Morgan fingerprint density at radius 2 is 1.77 bits per heavy atom. The Balaban J connectivity index is 1.37. The highest BCUT2D eigenvalue weighted by atomic mass is 35.5. The van der Waals surface area contributed by atoms with Gasteiger partial charge >= 0.3 is 0 Å². The van der Waals surface area contributed by atoms with Crippen molar-refractivity contribution in [2.45, 2.75) is 38.1 Å². The van der Waals surface area contributed by atoms with E-state index in [1.165, 1.54) is 11.1 Å². The van der Waals surface area contributed by atoms with Gasteiger partial charge in [-0.05, 0) is 90.9 Å². The Morgan fingerprint density at radius 3 is 2.54 bits per heavy atom. The smallest absolute Gasteiger partial charge is 0.220 e. The molecule has 0 spiro atoms. The zero-order chi connectivity index (χ0) is 24.2. The number of benzene rings is 3. The van der Waals surface area contributed by atoms with Gasteiger partial charge in [-0.2, -0.15) is 0 Å². The summed E-state index contributed by atoms with van der Waals surface area (Å²) in [4.78, 5) is 13.0. The standard InChI is InChI=1S/C30H29ClN2O2/c1-35-26-17-13-24(14-18-26)33-25(15-19-29(33)22-9-11-23(31)12-10-22)16-20-30(34)32-28-8-4-6-21-5-2-3-7-27(21)28/h2-3,5,7,9-15,17-19,28H,4,6,8,16,20H2,1H3,(H,32,34). The quantitative estimate of drug-likeness (QED) is 0.309. The van der Waals surface area contributed by atoms with E-state index >= 15 is 0 Å². The average molecular weight is 485 g/mol. The van der Waals surface area contributed by atoms with Gasteiger partial charge in [0.25, 0.3) is 0 Å². The summed E-state index contributed by atoms with van der Waals surface area (Å²) in [7, 11) is 1.67. The van der Waals surface area contributed by atoms with Gasteiger partial charge in [0.1, 0.15) is 5.75 Å². The number of rotatable bonds is 7. The van der Waals surface area contributed by atoms with Crippen LogP contribution in [-0.4, -0.2) is 17.6 Å². The van der Waals surface area contributed by atoms with Crippen molar-refractivity contribution < 1.29 is 9.53 Å². The predicted molar refractivity (Wildman–Crippen MR) is 141 cm³/mol. The third-order valence-electron chi connectivity index (χ3n) is 6.75. The molecular formula is C30H29ClN2O2. The number of amides is 1. The van der Waals surface area contributed by atoms with Crippen LogP contribution < -0.4 is 10.1 Å². The van der Waals surface area contributed by atoms with Gasteiger partial charge < -0.3 is 14.6 Å². The summed E-state index contributed by atoms with van der Waals surface area (Å²) < 4.78 is 7.56. The second-order valence-corrected chi connectivity index (χ2v) is 9.40. The first-order chi connectivity index (χ1) is 17.1. The molecule has 5 heteroatoms. The average Bonchev–Trinajstić information content (AvgIpc) is 3.32. The van der Waals surface area contributed by atoms with Crippen LogP contribution in [0.15, 0.2) is 84.9 Å². The molecule has 1 aliphatic rings. The van der Waals surface area contributed by atoms with Gasteiger partial charge in [-0.15, -0.1) is 0 Å². The summed E-state index contributed by atoms with van der Waals surface area (Å²) in [5, 5.41) is 3.99. The maximum atomic E-state index is 13.0. The van der Waals surface area contributed by atoms with Gasteiger partial charge in [0, 0.05) is 22.8 Å². The van der Waals surface area contributed by atoms with Crippen LogP contribution in [0.1, 0.15) is 42.1 Å². The van der Waals surface area contributed by atoms with Crippen LogP contribution in [0.25, 0.3) is 16.9 Å². The lowest BCUT2D eigenvalue weighted by atomic mass is 9.87. The summed E-state index contributed by atoms with van der Waals surface area (Å²) in [5.41, 5.74) is 6.85. The van der Waals surface area contributed by atoms with Crippen molar-refractivity contribution in [3.8, 4) is 22.7 Å². The largest absolute Gasteiger partial charge is 0.497 e. The molecule has 0 fully saturated rings. The van der Waals surface area contributed by atoms with Gasteiger partial charge in [-0.3, -0.25) is 4.79 Å². The highest BCUT2D eigenvalue weighted by Gasteiger charge is 2.21. The Bertz CT molecular complexity index is 1310. The number of carbonyl (C=O) groups excluding carboxylic acids is 1. The lowest BCUT2D eigenvalue weighted by molar-refractivity contribution is -0.121. The molecule has 0 radical (unpaired) electrons. The highest BCUT2D eigenvalue weighted by Crippen LogP contribution is 2.31. The van der Waals surface area contributed by atoms with Crippen molar-refractivity contribution in [3.05, 3.63) is 107 Å². The second kappa shape index (κ2) is 10.4. The maximum Gasteiger partial charge on any atom is 0.220 e. The molecule has 0 saturated heterocycles. The van der Waals surface area contributed by atoms with Crippen molar-refractivity contribution in [2.24, 2.45) is 0 Å². The number of methoxy groups -OCH3 is 1. The number of fused-ring (bicyclic) bond motifs is 1. The third kappa shape index (κ3) is 5.13. The Morgan fingerprint density at radius 1 is 1.00 bits per heavy atom. The number of carbonyl (C=O) groups is 1. The molecule has 1 aromatic heterocycles. The van der Waals surface area contributed by atoms with Gasteiger partial charge in [-0.25, -0.2) is 0 Å². The normalized spacial score (nSPS) is 14.9. The second-order valence-electron chi connectivity index (χ2n) is 8.96. The highest BCUT2D eigenvalue weighted by molar-refractivity contribution is 6.30. The molecule has 1 amide bonds. The minimum atomic E-state index is 0.0854. The topological polar surface area (TPSA) is 43.3 Å². The monoisotopic (exact) mass is 484 g/mol. The maximum absolute atomic E-state index is 13.0. The number of halogens is 1. The number of hydrogen-bond donors (Lipinski definition) is 1. The molecule has 1 atom stereocenters. The number of aryl methyl sites for hydroxylation is 2. The molecule has 4 nitrogen and oxygen atoms in total. The van der Waals surface area contributed by atoms with Crippen molar-refractivity contribution in [1.29, 1.82) is 0 Å². The third-order valence-corrected chi connectivity index (χ3v) is 7.00. The van der Waals surface area contributed by atoms with Gasteiger partial charge in [-0.1, -0.05) is 48.0 Å². The number of ether oxygens (including phenoxy) is 1.